The van der Waals surface area contributed by atoms with E-state index in [0.29, 0.717) is 6.04 Å². The summed E-state index contributed by atoms with van der Waals surface area (Å²) < 4.78 is 0. The number of rotatable bonds is 5. The van der Waals surface area contributed by atoms with E-state index in [1.165, 1.54) is 5.56 Å². The molecule has 0 bridgehead atoms. The first-order chi connectivity index (χ1) is 8.63. The molecule has 0 atom stereocenters. The third-order valence-electron chi connectivity index (χ3n) is 2.41. The SMILES string of the molecule is CC(C)NCc1nnc(Cc2cccc(Cl)c2)s1. The molecule has 1 N–H and O–H groups in total. The van der Waals surface area contributed by atoms with Crippen LogP contribution in [0.15, 0.2) is 24.3 Å². The zero-order valence-electron chi connectivity index (χ0n) is 10.5. The molecular weight excluding hydrogens is 266 g/mol. The molecule has 1 heterocycles. The predicted molar refractivity (Wildman–Crippen MR) is 76.1 cm³/mol. The summed E-state index contributed by atoms with van der Waals surface area (Å²) in [7, 11) is 0. The Morgan fingerprint density at radius 1 is 1.28 bits per heavy atom. The molecule has 0 saturated carbocycles. The van der Waals surface area contributed by atoms with Gasteiger partial charge in [0.1, 0.15) is 10.0 Å². The zero-order valence-corrected chi connectivity index (χ0v) is 12.1. The minimum atomic E-state index is 0.463. The van der Waals surface area contributed by atoms with Crippen LogP contribution < -0.4 is 5.32 Å². The Morgan fingerprint density at radius 2 is 2.06 bits per heavy atom. The smallest absolute Gasteiger partial charge is 0.131 e. The highest BCUT2D eigenvalue weighted by Gasteiger charge is 2.06. The van der Waals surface area contributed by atoms with Crippen LogP contribution >= 0.6 is 22.9 Å². The first-order valence-electron chi connectivity index (χ1n) is 5.92. The highest BCUT2D eigenvalue weighted by molar-refractivity contribution is 7.11. The van der Waals surface area contributed by atoms with E-state index in [1.807, 2.05) is 18.2 Å². The summed E-state index contributed by atoms with van der Waals surface area (Å²) >= 11 is 7.61. The van der Waals surface area contributed by atoms with Crippen molar-refractivity contribution in [1.29, 1.82) is 0 Å². The molecule has 1 aromatic heterocycles. The number of halogens is 1. The van der Waals surface area contributed by atoms with Crippen molar-refractivity contribution in [2.75, 3.05) is 0 Å². The number of nitrogens with one attached hydrogen (secondary N) is 1. The molecule has 2 aromatic rings. The van der Waals surface area contributed by atoms with Gasteiger partial charge in [-0.25, -0.2) is 0 Å². The molecule has 0 unspecified atom stereocenters. The number of nitrogens with zero attached hydrogens (tertiary/aromatic N) is 2. The Labute approximate surface area is 116 Å². The molecule has 0 aliphatic rings. The Bertz CT molecular complexity index is 510. The maximum Gasteiger partial charge on any atom is 0.131 e. The van der Waals surface area contributed by atoms with Crippen LogP contribution in [0.2, 0.25) is 5.02 Å². The third kappa shape index (κ3) is 4.05. The molecule has 2 rings (SSSR count). The van der Waals surface area contributed by atoms with E-state index in [2.05, 4.69) is 35.4 Å². The predicted octanol–water partition coefficient (Wildman–Crippen LogP) is 3.28. The standard InChI is InChI=1S/C13H16ClN3S/c1-9(2)15-8-13-17-16-12(18-13)7-10-4-3-5-11(14)6-10/h3-6,9,15H,7-8H2,1-2H3. The summed E-state index contributed by atoms with van der Waals surface area (Å²) in [5.74, 6) is 0. The molecule has 18 heavy (non-hydrogen) atoms. The van der Waals surface area contributed by atoms with E-state index in [9.17, 15) is 0 Å². The highest BCUT2D eigenvalue weighted by Crippen LogP contribution is 2.17. The lowest BCUT2D eigenvalue weighted by atomic mass is 10.2. The van der Waals surface area contributed by atoms with Gasteiger partial charge in [-0.1, -0.05) is 48.9 Å². The largest absolute Gasteiger partial charge is 0.308 e. The fraction of sp³-hybridized carbons (Fsp3) is 0.385. The Balaban J connectivity index is 1.98. The van der Waals surface area contributed by atoms with Gasteiger partial charge in [0.15, 0.2) is 0 Å². The summed E-state index contributed by atoms with van der Waals surface area (Å²) in [6.45, 7) is 5.02. The second-order valence-corrected chi connectivity index (χ2v) is 6.01. The second-order valence-electron chi connectivity index (χ2n) is 4.43. The minimum absolute atomic E-state index is 0.463. The van der Waals surface area contributed by atoms with Gasteiger partial charge in [0, 0.05) is 24.0 Å². The number of benzene rings is 1. The average molecular weight is 282 g/mol. The molecular formula is C13H16ClN3S. The van der Waals surface area contributed by atoms with Crippen LogP contribution in [0.5, 0.6) is 0 Å². The fourth-order valence-electron chi connectivity index (χ4n) is 1.54. The van der Waals surface area contributed by atoms with Crippen molar-refractivity contribution in [3.8, 4) is 0 Å². The van der Waals surface area contributed by atoms with E-state index < -0.39 is 0 Å². The van der Waals surface area contributed by atoms with Crippen molar-refractivity contribution in [3.63, 3.8) is 0 Å². The second kappa shape index (κ2) is 6.27. The van der Waals surface area contributed by atoms with Crippen molar-refractivity contribution in [1.82, 2.24) is 15.5 Å². The Morgan fingerprint density at radius 3 is 2.78 bits per heavy atom. The third-order valence-corrected chi connectivity index (χ3v) is 3.57. The number of hydrogen-bond acceptors (Lipinski definition) is 4. The van der Waals surface area contributed by atoms with Gasteiger partial charge in [-0.2, -0.15) is 0 Å². The fourth-order valence-corrected chi connectivity index (χ4v) is 2.59. The van der Waals surface area contributed by atoms with Gasteiger partial charge in [0.05, 0.1) is 0 Å². The molecule has 0 amide bonds. The maximum atomic E-state index is 5.96. The topological polar surface area (TPSA) is 37.8 Å². The molecule has 0 spiro atoms. The normalized spacial score (nSPS) is 11.1. The molecule has 3 nitrogen and oxygen atoms in total. The molecule has 96 valence electrons. The van der Waals surface area contributed by atoms with Crippen LogP contribution in [0.1, 0.15) is 29.4 Å². The summed E-state index contributed by atoms with van der Waals surface area (Å²) in [4.78, 5) is 0. The lowest BCUT2D eigenvalue weighted by Crippen LogP contribution is -2.21. The van der Waals surface area contributed by atoms with Gasteiger partial charge >= 0.3 is 0 Å². The molecule has 0 fully saturated rings. The van der Waals surface area contributed by atoms with Crippen molar-refractivity contribution in [3.05, 3.63) is 44.9 Å². The summed E-state index contributed by atoms with van der Waals surface area (Å²) in [5.41, 5.74) is 1.17. The van der Waals surface area contributed by atoms with E-state index in [-0.39, 0.29) is 0 Å². The monoisotopic (exact) mass is 281 g/mol. The van der Waals surface area contributed by atoms with Crippen molar-refractivity contribution in [2.45, 2.75) is 32.9 Å². The average Bonchev–Trinajstić information content (AvgIpc) is 2.74. The van der Waals surface area contributed by atoms with Gasteiger partial charge in [0.2, 0.25) is 0 Å². The lowest BCUT2D eigenvalue weighted by molar-refractivity contribution is 0.584. The first-order valence-corrected chi connectivity index (χ1v) is 7.12. The number of hydrogen-bond donors (Lipinski definition) is 1. The highest BCUT2D eigenvalue weighted by atomic mass is 35.5. The van der Waals surface area contributed by atoms with Gasteiger partial charge < -0.3 is 5.32 Å². The maximum absolute atomic E-state index is 5.96. The minimum Gasteiger partial charge on any atom is -0.308 e. The van der Waals surface area contributed by atoms with Crippen molar-refractivity contribution < 1.29 is 0 Å². The van der Waals surface area contributed by atoms with Crippen LogP contribution in [0.4, 0.5) is 0 Å². The van der Waals surface area contributed by atoms with Crippen molar-refractivity contribution in [2.24, 2.45) is 0 Å². The number of aromatic nitrogens is 2. The summed E-state index contributed by atoms with van der Waals surface area (Å²) in [6.07, 6.45) is 0.792. The quantitative estimate of drug-likeness (QED) is 0.914. The summed E-state index contributed by atoms with van der Waals surface area (Å²) in [6, 6.07) is 8.32. The van der Waals surface area contributed by atoms with Crippen LogP contribution in [0.25, 0.3) is 0 Å². The van der Waals surface area contributed by atoms with E-state index in [1.54, 1.807) is 11.3 Å². The van der Waals surface area contributed by atoms with Crippen LogP contribution in [0.3, 0.4) is 0 Å². The van der Waals surface area contributed by atoms with Crippen molar-refractivity contribution >= 4 is 22.9 Å². The zero-order chi connectivity index (χ0) is 13.0. The van der Waals surface area contributed by atoms with Gasteiger partial charge in [-0.3, -0.25) is 0 Å². The lowest BCUT2D eigenvalue weighted by Gasteiger charge is -2.03. The first kappa shape index (κ1) is 13.5. The van der Waals surface area contributed by atoms with E-state index in [0.717, 1.165) is 28.0 Å². The van der Waals surface area contributed by atoms with Crippen LogP contribution in [0, 0.1) is 0 Å². The van der Waals surface area contributed by atoms with Crippen LogP contribution in [-0.4, -0.2) is 16.2 Å². The molecule has 1 aromatic carbocycles. The van der Waals surface area contributed by atoms with Gasteiger partial charge in [0.25, 0.3) is 0 Å². The summed E-state index contributed by atoms with van der Waals surface area (Å²) in [5, 5.41) is 14.5. The van der Waals surface area contributed by atoms with Gasteiger partial charge in [-0.05, 0) is 17.7 Å². The Kier molecular flexibility index (Phi) is 4.69. The Hall–Kier alpha value is -0.970. The molecule has 0 aliphatic carbocycles. The van der Waals surface area contributed by atoms with E-state index >= 15 is 0 Å². The molecule has 0 radical (unpaired) electrons. The molecule has 0 aliphatic heterocycles. The van der Waals surface area contributed by atoms with Crippen LogP contribution in [-0.2, 0) is 13.0 Å². The van der Waals surface area contributed by atoms with E-state index in [4.69, 9.17) is 11.6 Å². The molecule has 0 saturated heterocycles. The van der Waals surface area contributed by atoms with Gasteiger partial charge in [-0.15, -0.1) is 10.2 Å². The molecule has 5 heteroatoms.